The van der Waals surface area contributed by atoms with Gasteiger partial charge in [-0.3, -0.25) is 0 Å². The van der Waals surface area contributed by atoms with E-state index in [1.54, 1.807) is 0 Å². The predicted molar refractivity (Wildman–Crippen MR) is 82.2 cm³/mol. The highest BCUT2D eigenvalue weighted by atomic mass is 35.5. The standard InChI is InChI=1S/C17H25ClO/c1-6-16(2,3)12-7-9-13(10-8-12)19-15-11-14(18)17(15,4)5/h7-10,14-15H,6,11H2,1-5H3. The largest absolute Gasteiger partial charge is 0.490 e. The smallest absolute Gasteiger partial charge is 0.119 e. The summed E-state index contributed by atoms with van der Waals surface area (Å²) in [5.41, 5.74) is 1.67. The molecule has 2 atom stereocenters. The summed E-state index contributed by atoms with van der Waals surface area (Å²) in [5.74, 6) is 0.956. The SMILES string of the molecule is CCC(C)(C)c1ccc(OC2CC(Cl)C2(C)C)cc1. The summed E-state index contributed by atoms with van der Waals surface area (Å²) in [7, 11) is 0. The molecule has 0 aromatic heterocycles. The van der Waals surface area contributed by atoms with Crippen LogP contribution in [0.5, 0.6) is 5.75 Å². The van der Waals surface area contributed by atoms with Crippen LogP contribution in [0.25, 0.3) is 0 Å². The van der Waals surface area contributed by atoms with Gasteiger partial charge in [-0.1, -0.05) is 46.8 Å². The van der Waals surface area contributed by atoms with Crippen LogP contribution >= 0.6 is 11.6 Å². The second-order valence-electron chi connectivity index (χ2n) is 6.89. The van der Waals surface area contributed by atoms with Crippen molar-refractivity contribution < 1.29 is 4.74 Å². The molecule has 1 aliphatic rings. The summed E-state index contributed by atoms with van der Waals surface area (Å²) in [6.07, 6.45) is 2.31. The molecule has 1 aromatic carbocycles. The van der Waals surface area contributed by atoms with Gasteiger partial charge in [0.15, 0.2) is 0 Å². The first-order valence-corrected chi connectivity index (χ1v) is 7.62. The van der Waals surface area contributed by atoms with Gasteiger partial charge in [-0.2, -0.15) is 0 Å². The van der Waals surface area contributed by atoms with Crippen LogP contribution in [-0.2, 0) is 5.41 Å². The summed E-state index contributed by atoms with van der Waals surface area (Å²) in [4.78, 5) is 0. The van der Waals surface area contributed by atoms with Crippen LogP contribution in [-0.4, -0.2) is 11.5 Å². The van der Waals surface area contributed by atoms with E-state index in [1.165, 1.54) is 5.56 Å². The minimum absolute atomic E-state index is 0.0723. The van der Waals surface area contributed by atoms with Crippen LogP contribution < -0.4 is 4.74 Å². The van der Waals surface area contributed by atoms with E-state index >= 15 is 0 Å². The van der Waals surface area contributed by atoms with E-state index in [0.29, 0.717) is 0 Å². The van der Waals surface area contributed by atoms with Crippen LogP contribution in [0.15, 0.2) is 24.3 Å². The summed E-state index contributed by atoms with van der Waals surface area (Å²) >= 11 is 6.23. The van der Waals surface area contributed by atoms with Crippen molar-refractivity contribution in [2.45, 2.75) is 64.4 Å². The zero-order chi connectivity index (χ0) is 14.3. The number of benzene rings is 1. The van der Waals surface area contributed by atoms with E-state index in [9.17, 15) is 0 Å². The molecule has 1 aliphatic carbocycles. The van der Waals surface area contributed by atoms with Gasteiger partial charge in [-0.05, 0) is 29.5 Å². The number of alkyl halides is 1. The molecule has 2 heteroatoms. The van der Waals surface area contributed by atoms with Crippen LogP contribution in [0.4, 0.5) is 0 Å². The van der Waals surface area contributed by atoms with Gasteiger partial charge in [0.25, 0.3) is 0 Å². The highest BCUT2D eigenvalue weighted by molar-refractivity contribution is 6.21. The molecule has 1 saturated carbocycles. The number of hydrogen-bond acceptors (Lipinski definition) is 1. The van der Waals surface area contributed by atoms with Crippen molar-refractivity contribution in [2.24, 2.45) is 5.41 Å². The Kier molecular flexibility index (Phi) is 3.88. The molecule has 1 nitrogen and oxygen atoms in total. The molecule has 0 heterocycles. The Hall–Kier alpha value is -0.690. The molecule has 106 valence electrons. The molecule has 2 unspecified atom stereocenters. The quantitative estimate of drug-likeness (QED) is 0.692. The van der Waals surface area contributed by atoms with E-state index in [2.05, 4.69) is 58.9 Å². The lowest BCUT2D eigenvalue weighted by Crippen LogP contribution is -2.53. The molecule has 19 heavy (non-hydrogen) atoms. The first kappa shape index (κ1) is 14.7. The van der Waals surface area contributed by atoms with E-state index in [-0.39, 0.29) is 22.3 Å². The third-order valence-electron chi connectivity index (χ3n) is 4.86. The van der Waals surface area contributed by atoms with Gasteiger partial charge in [-0.15, -0.1) is 11.6 Å². The Balaban J connectivity index is 2.04. The second kappa shape index (κ2) is 5.01. The molecule has 0 aliphatic heterocycles. The molecule has 0 amide bonds. The zero-order valence-electron chi connectivity index (χ0n) is 12.7. The van der Waals surface area contributed by atoms with Gasteiger partial charge < -0.3 is 4.74 Å². The Morgan fingerprint density at radius 3 is 2.26 bits per heavy atom. The van der Waals surface area contributed by atoms with Gasteiger partial charge in [0.05, 0.1) is 0 Å². The second-order valence-corrected chi connectivity index (χ2v) is 7.42. The van der Waals surface area contributed by atoms with Crippen molar-refractivity contribution in [3.8, 4) is 5.75 Å². The fourth-order valence-electron chi connectivity index (χ4n) is 2.39. The number of rotatable bonds is 4. The molecule has 0 saturated heterocycles. The fraction of sp³-hybridized carbons (Fsp3) is 0.647. The Morgan fingerprint density at radius 2 is 1.84 bits per heavy atom. The molecule has 0 bridgehead atoms. The lowest BCUT2D eigenvalue weighted by atomic mass is 9.68. The number of ether oxygens (including phenoxy) is 1. The van der Waals surface area contributed by atoms with Crippen molar-refractivity contribution in [1.29, 1.82) is 0 Å². The number of halogens is 1. The number of hydrogen-bond donors (Lipinski definition) is 0. The topological polar surface area (TPSA) is 9.23 Å². The third-order valence-corrected chi connectivity index (χ3v) is 5.60. The van der Waals surface area contributed by atoms with Gasteiger partial charge in [0, 0.05) is 17.2 Å². The van der Waals surface area contributed by atoms with Crippen molar-refractivity contribution in [1.82, 2.24) is 0 Å². The average Bonchev–Trinajstić information content (AvgIpc) is 2.39. The van der Waals surface area contributed by atoms with Crippen molar-refractivity contribution >= 4 is 11.6 Å². The highest BCUT2D eigenvalue weighted by Gasteiger charge is 2.49. The molecule has 1 aromatic rings. The first-order chi connectivity index (χ1) is 8.77. The molecular formula is C17H25ClO. The predicted octanol–water partition coefficient (Wildman–Crippen LogP) is 5.16. The summed E-state index contributed by atoms with van der Waals surface area (Å²) in [5, 5.41) is 0.232. The Labute approximate surface area is 122 Å². The van der Waals surface area contributed by atoms with E-state index in [0.717, 1.165) is 18.6 Å². The maximum Gasteiger partial charge on any atom is 0.119 e. The highest BCUT2D eigenvalue weighted by Crippen LogP contribution is 2.46. The maximum atomic E-state index is 6.23. The summed E-state index contributed by atoms with van der Waals surface area (Å²) in [6, 6.07) is 8.54. The normalized spacial score (nSPS) is 25.8. The Bertz CT molecular complexity index is 433. The van der Waals surface area contributed by atoms with Crippen molar-refractivity contribution in [3.05, 3.63) is 29.8 Å². The van der Waals surface area contributed by atoms with Crippen LogP contribution in [0.1, 0.15) is 53.0 Å². The van der Waals surface area contributed by atoms with Gasteiger partial charge in [0.2, 0.25) is 0 Å². The molecule has 1 fully saturated rings. The van der Waals surface area contributed by atoms with E-state index < -0.39 is 0 Å². The zero-order valence-corrected chi connectivity index (χ0v) is 13.4. The summed E-state index contributed by atoms with van der Waals surface area (Å²) < 4.78 is 6.05. The van der Waals surface area contributed by atoms with Gasteiger partial charge in [0.1, 0.15) is 11.9 Å². The fourth-order valence-corrected chi connectivity index (χ4v) is 2.69. The summed E-state index contributed by atoms with van der Waals surface area (Å²) in [6.45, 7) is 11.1. The maximum absolute atomic E-state index is 6.23. The van der Waals surface area contributed by atoms with Gasteiger partial charge >= 0.3 is 0 Å². The molecule has 0 radical (unpaired) electrons. The van der Waals surface area contributed by atoms with Crippen LogP contribution in [0, 0.1) is 5.41 Å². The Morgan fingerprint density at radius 1 is 1.26 bits per heavy atom. The average molecular weight is 281 g/mol. The molecule has 0 spiro atoms. The lowest BCUT2D eigenvalue weighted by Gasteiger charge is -2.48. The minimum atomic E-state index is 0.0723. The van der Waals surface area contributed by atoms with Crippen molar-refractivity contribution in [3.63, 3.8) is 0 Å². The molecular weight excluding hydrogens is 256 g/mol. The van der Waals surface area contributed by atoms with E-state index in [4.69, 9.17) is 16.3 Å². The minimum Gasteiger partial charge on any atom is -0.490 e. The van der Waals surface area contributed by atoms with Crippen LogP contribution in [0.2, 0.25) is 0 Å². The monoisotopic (exact) mass is 280 g/mol. The van der Waals surface area contributed by atoms with Crippen LogP contribution in [0.3, 0.4) is 0 Å². The van der Waals surface area contributed by atoms with E-state index in [1.807, 2.05) is 0 Å². The molecule has 2 rings (SSSR count). The first-order valence-electron chi connectivity index (χ1n) is 7.18. The molecule has 0 N–H and O–H groups in total. The third kappa shape index (κ3) is 2.76. The van der Waals surface area contributed by atoms with Gasteiger partial charge in [-0.25, -0.2) is 0 Å². The van der Waals surface area contributed by atoms with Crippen molar-refractivity contribution in [2.75, 3.05) is 0 Å². The lowest BCUT2D eigenvalue weighted by molar-refractivity contribution is -0.0130.